The van der Waals surface area contributed by atoms with Crippen molar-refractivity contribution < 1.29 is 13.2 Å². The molecule has 0 aromatic rings. The van der Waals surface area contributed by atoms with Crippen molar-refractivity contribution in [3.05, 3.63) is 0 Å². The Morgan fingerprint density at radius 2 is 2.22 bits per heavy atom. The molecule has 0 saturated carbocycles. The fourth-order valence-corrected chi connectivity index (χ4v) is 0.698. The van der Waals surface area contributed by atoms with E-state index in [0.717, 1.165) is 0 Å². The Hall–Kier alpha value is -0.0000000000000000555. The summed E-state index contributed by atoms with van der Waals surface area (Å²) < 4.78 is 31.6. The van der Waals surface area contributed by atoms with Crippen molar-refractivity contribution in [3.8, 4) is 0 Å². The van der Waals surface area contributed by atoms with Crippen molar-refractivity contribution in [2.75, 3.05) is 13.2 Å². The number of halogens is 1. The van der Waals surface area contributed by atoms with Crippen LogP contribution in [0.15, 0.2) is 0 Å². The second kappa shape index (κ2) is 6.12. The molecule has 3 nitrogen and oxygen atoms in total. The molecule has 56 valence electrons. The van der Waals surface area contributed by atoms with Gasteiger partial charge < -0.3 is 0 Å². The molecule has 0 amide bonds. The monoisotopic (exact) mass is 155 g/mol. The number of hydrogen-bond acceptors (Lipinski definition) is 1. The first kappa shape index (κ1) is 9.00. The first-order valence-corrected chi connectivity index (χ1v) is 3.78. The lowest BCUT2D eigenvalue weighted by Gasteiger charge is -1.95. The van der Waals surface area contributed by atoms with Crippen LogP contribution in [0.1, 0.15) is 12.8 Å². The van der Waals surface area contributed by atoms with Crippen LogP contribution in [0.4, 0.5) is 4.39 Å². The Morgan fingerprint density at radius 3 is 2.67 bits per heavy atom. The molecule has 9 heavy (non-hydrogen) atoms. The lowest BCUT2D eigenvalue weighted by atomic mass is 10.3. The maximum absolute atomic E-state index is 11.4. The van der Waals surface area contributed by atoms with E-state index in [0.29, 0.717) is 19.4 Å². The smallest absolute Gasteiger partial charge is 0.231 e. The van der Waals surface area contributed by atoms with Gasteiger partial charge in [-0.1, -0.05) is 0 Å². The molecule has 0 rings (SSSR count). The number of rotatable bonds is 5. The molecule has 0 aromatic heterocycles. The second-order valence-corrected chi connectivity index (χ2v) is 2.33. The van der Waals surface area contributed by atoms with Crippen LogP contribution in [0, 0.1) is 0 Å². The average Bonchev–Trinajstić information content (AvgIpc) is 1.80. The van der Waals surface area contributed by atoms with Crippen LogP contribution < -0.4 is 4.72 Å². The van der Waals surface area contributed by atoms with Gasteiger partial charge in [0.1, 0.15) is 0 Å². The van der Waals surface area contributed by atoms with Crippen molar-refractivity contribution >= 4 is 11.3 Å². The normalized spacial score (nSPS) is 13.6. The Morgan fingerprint density at radius 1 is 1.56 bits per heavy atom. The fourth-order valence-electron chi connectivity index (χ4n) is 0.379. The van der Waals surface area contributed by atoms with Gasteiger partial charge in [0.2, 0.25) is 11.3 Å². The second-order valence-electron chi connectivity index (χ2n) is 1.54. The Bertz CT molecular complexity index is 90.6. The van der Waals surface area contributed by atoms with Crippen molar-refractivity contribution in [1.82, 2.24) is 4.72 Å². The minimum absolute atomic E-state index is 0.361. The quantitative estimate of drug-likeness (QED) is 0.447. The summed E-state index contributed by atoms with van der Waals surface area (Å²) in [5, 5.41) is 0. The summed E-state index contributed by atoms with van der Waals surface area (Å²) in [5.41, 5.74) is 0. The summed E-state index contributed by atoms with van der Waals surface area (Å²) in [5.74, 6) is 0. The highest BCUT2D eigenvalue weighted by atomic mass is 32.2. The van der Waals surface area contributed by atoms with E-state index in [2.05, 4.69) is 4.72 Å². The van der Waals surface area contributed by atoms with E-state index in [4.69, 9.17) is 4.55 Å². The van der Waals surface area contributed by atoms with Gasteiger partial charge in [0.05, 0.1) is 6.67 Å². The van der Waals surface area contributed by atoms with Crippen LogP contribution in [0.2, 0.25) is 0 Å². The van der Waals surface area contributed by atoms with E-state index >= 15 is 0 Å². The third-order valence-corrected chi connectivity index (χ3v) is 1.24. The van der Waals surface area contributed by atoms with E-state index in [9.17, 15) is 8.60 Å². The van der Waals surface area contributed by atoms with E-state index in [1.165, 1.54) is 0 Å². The zero-order chi connectivity index (χ0) is 7.11. The van der Waals surface area contributed by atoms with Crippen molar-refractivity contribution in [2.24, 2.45) is 0 Å². The van der Waals surface area contributed by atoms with Crippen molar-refractivity contribution in [2.45, 2.75) is 12.8 Å². The molecule has 0 spiro atoms. The Labute approximate surface area is 56.1 Å². The molecule has 5 heteroatoms. The molecule has 0 aliphatic rings. The van der Waals surface area contributed by atoms with E-state index in [1.807, 2.05) is 0 Å². The standard InChI is InChI=1S/C4H10FNO2S/c5-3-1-2-4-6-9(7)8/h6H,1-4H2,(H,7,8). The van der Waals surface area contributed by atoms with Crippen molar-refractivity contribution in [3.63, 3.8) is 0 Å². The molecule has 0 radical (unpaired) electrons. The van der Waals surface area contributed by atoms with Crippen LogP contribution in [0.3, 0.4) is 0 Å². The van der Waals surface area contributed by atoms with Crippen LogP contribution in [0.25, 0.3) is 0 Å². The zero-order valence-corrected chi connectivity index (χ0v) is 5.79. The average molecular weight is 155 g/mol. The predicted molar refractivity (Wildman–Crippen MR) is 34.0 cm³/mol. The third kappa shape index (κ3) is 8.00. The summed E-state index contributed by atoms with van der Waals surface area (Å²) in [6.07, 6.45) is 1.05. The number of unbranched alkanes of at least 4 members (excludes halogenated alkanes) is 1. The largest absolute Gasteiger partial charge is 0.294 e. The van der Waals surface area contributed by atoms with Gasteiger partial charge in [-0.2, -0.15) is 0 Å². The van der Waals surface area contributed by atoms with Crippen LogP contribution in [0.5, 0.6) is 0 Å². The number of hydrogen-bond donors (Lipinski definition) is 2. The van der Waals surface area contributed by atoms with Gasteiger partial charge in [0.15, 0.2) is 0 Å². The number of nitrogens with one attached hydrogen (secondary N) is 1. The van der Waals surface area contributed by atoms with Gasteiger partial charge in [-0.3, -0.25) is 8.94 Å². The highest BCUT2D eigenvalue weighted by molar-refractivity contribution is 7.77. The first-order valence-electron chi connectivity index (χ1n) is 2.67. The van der Waals surface area contributed by atoms with Crippen LogP contribution >= 0.6 is 0 Å². The van der Waals surface area contributed by atoms with E-state index in [-0.39, 0.29) is 6.67 Å². The Kier molecular flexibility index (Phi) is 6.12. The topological polar surface area (TPSA) is 49.3 Å². The molecule has 1 atom stereocenters. The minimum Gasteiger partial charge on any atom is -0.294 e. The molecule has 0 saturated heterocycles. The van der Waals surface area contributed by atoms with Gasteiger partial charge in [0, 0.05) is 6.54 Å². The van der Waals surface area contributed by atoms with Gasteiger partial charge in [-0.25, -0.2) is 8.93 Å². The highest BCUT2D eigenvalue weighted by Gasteiger charge is 1.89. The van der Waals surface area contributed by atoms with Crippen LogP contribution in [-0.2, 0) is 11.3 Å². The minimum atomic E-state index is -1.94. The lowest BCUT2D eigenvalue weighted by molar-refractivity contribution is 0.459. The maximum Gasteiger partial charge on any atom is 0.231 e. The SMILES string of the molecule is O=S(O)NCCCCF. The summed E-state index contributed by atoms with van der Waals surface area (Å²) in [4.78, 5) is 0. The molecule has 0 aliphatic carbocycles. The molecule has 0 aliphatic heterocycles. The molecule has 0 bridgehead atoms. The molecule has 0 fully saturated rings. The maximum atomic E-state index is 11.4. The Balaban J connectivity index is 2.83. The summed E-state index contributed by atoms with van der Waals surface area (Å²) >= 11 is -1.94. The predicted octanol–water partition coefficient (Wildman–Crippen LogP) is 0.462. The van der Waals surface area contributed by atoms with Crippen molar-refractivity contribution in [1.29, 1.82) is 0 Å². The fraction of sp³-hybridized carbons (Fsp3) is 1.00. The molecular formula is C4H10FNO2S. The summed E-state index contributed by atoms with van der Waals surface area (Å²) in [7, 11) is 0. The zero-order valence-electron chi connectivity index (χ0n) is 4.97. The summed E-state index contributed by atoms with van der Waals surface area (Å²) in [6.45, 7) is 0.0345. The number of alkyl halides is 1. The molecule has 0 aromatic carbocycles. The molecule has 1 unspecified atom stereocenters. The van der Waals surface area contributed by atoms with Gasteiger partial charge in [-0.15, -0.1) is 0 Å². The summed E-state index contributed by atoms with van der Waals surface area (Å²) in [6, 6.07) is 0. The molecule has 2 N–H and O–H groups in total. The van der Waals surface area contributed by atoms with Crippen LogP contribution in [-0.4, -0.2) is 22.0 Å². The van der Waals surface area contributed by atoms with Gasteiger partial charge >= 0.3 is 0 Å². The molecular weight excluding hydrogens is 145 g/mol. The third-order valence-electron chi connectivity index (χ3n) is 0.786. The highest BCUT2D eigenvalue weighted by Crippen LogP contribution is 1.86. The molecule has 0 heterocycles. The van der Waals surface area contributed by atoms with E-state index < -0.39 is 11.3 Å². The van der Waals surface area contributed by atoms with E-state index in [1.54, 1.807) is 0 Å². The lowest BCUT2D eigenvalue weighted by Crippen LogP contribution is -2.17. The van der Waals surface area contributed by atoms with Gasteiger partial charge in [-0.05, 0) is 12.8 Å². The van der Waals surface area contributed by atoms with Gasteiger partial charge in [0.25, 0.3) is 0 Å². The first-order chi connectivity index (χ1) is 4.27.